The van der Waals surface area contributed by atoms with Crippen molar-refractivity contribution in [2.45, 2.75) is 52.4 Å². The van der Waals surface area contributed by atoms with Gasteiger partial charge in [0.05, 0.1) is 18.0 Å². The second kappa shape index (κ2) is 5.99. The molecule has 2 aromatic rings. The minimum absolute atomic E-state index is 0.227. The maximum Gasteiger partial charge on any atom is 0.255 e. The van der Waals surface area contributed by atoms with Crippen LogP contribution in [0.4, 0.5) is 23.0 Å². The zero-order valence-electron chi connectivity index (χ0n) is 16.2. The summed E-state index contributed by atoms with van der Waals surface area (Å²) < 4.78 is 3.18. The van der Waals surface area contributed by atoms with E-state index in [1.165, 1.54) is 0 Å². The van der Waals surface area contributed by atoms with Crippen LogP contribution in [-0.4, -0.2) is 19.6 Å². The highest BCUT2D eigenvalue weighted by Crippen LogP contribution is 2.40. The zero-order chi connectivity index (χ0) is 19.2. The average molecular weight is 342 g/mol. The van der Waals surface area contributed by atoms with Gasteiger partial charge >= 0.3 is 0 Å². The van der Waals surface area contributed by atoms with E-state index >= 15 is 0 Å². The lowest BCUT2D eigenvalue weighted by Crippen LogP contribution is -2.12. The number of hydrogen-bond acceptors (Lipinski definition) is 5. The molecule has 0 aliphatic carbocycles. The molecule has 0 fully saturated rings. The summed E-state index contributed by atoms with van der Waals surface area (Å²) >= 11 is 0. The van der Waals surface area contributed by atoms with Gasteiger partial charge in [0, 0.05) is 19.5 Å². The van der Waals surface area contributed by atoms with E-state index in [4.69, 9.17) is 12.3 Å². The molecule has 0 amide bonds. The van der Waals surface area contributed by atoms with Crippen molar-refractivity contribution in [1.29, 1.82) is 0 Å². The van der Waals surface area contributed by atoms with Gasteiger partial charge in [0.15, 0.2) is 11.5 Å². The van der Waals surface area contributed by atoms with Crippen molar-refractivity contribution in [3.05, 3.63) is 22.8 Å². The van der Waals surface area contributed by atoms with E-state index in [1.807, 2.05) is 41.5 Å². The molecule has 0 atom stereocenters. The van der Waals surface area contributed by atoms with Crippen molar-refractivity contribution in [3.8, 4) is 0 Å². The van der Waals surface area contributed by atoms with E-state index in [9.17, 15) is 0 Å². The number of aryl methyl sites for hydroxylation is 2. The van der Waals surface area contributed by atoms with Crippen LogP contribution in [0.15, 0.2) is 10.2 Å². The summed E-state index contributed by atoms with van der Waals surface area (Å²) in [4.78, 5) is 3.63. The SMILES string of the molecule is [C-]#[N+]c1c(C(C)(C)C)nn(C)c1N=Nc1c(C(C)(C)C)nn(C)c1N. The van der Waals surface area contributed by atoms with Crippen LogP contribution in [0.5, 0.6) is 0 Å². The van der Waals surface area contributed by atoms with Gasteiger partial charge < -0.3 is 5.73 Å². The molecule has 2 aromatic heterocycles. The molecule has 0 saturated heterocycles. The highest BCUT2D eigenvalue weighted by atomic mass is 15.4. The number of azo groups is 1. The average Bonchev–Trinajstić information content (AvgIpc) is 2.94. The molecule has 0 radical (unpaired) electrons. The Morgan fingerprint density at radius 1 is 0.920 bits per heavy atom. The second-order valence-corrected chi connectivity index (χ2v) is 8.16. The van der Waals surface area contributed by atoms with Gasteiger partial charge in [-0.15, -0.1) is 10.2 Å². The number of nitrogens with two attached hydrogens (primary N) is 1. The third-order valence-electron chi connectivity index (χ3n) is 3.84. The van der Waals surface area contributed by atoms with Gasteiger partial charge in [-0.2, -0.15) is 10.2 Å². The monoisotopic (exact) mass is 342 g/mol. The molecule has 0 aromatic carbocycles. The van der Waals surface area contributed by atoms with Gasteiger partial charge in [-0.25, -0.2) is 4.85 Å². The molecule has 2 N–H and O–H groups in total. The third-order valence-corrected chi connectivity index (χ3v) is 3.84. The van der Waals surface area contributed by atoms with Gasteiger partial charge in [0.1, 0.15) is 5.82 Å². The first kappa shape index (κ1) is 18.6. The zero-order valence-corrected chi connectivity index (χ0v) is 16.2. The maximum absolute atomic E-state index is 7.52. The number of anilines is 1. The van der Waals surface area contributed by atoms with Crippen LogP contribution in [0.25, 0.3) is 4.85 Å². The first-order valence-corrected chi connectivity index (χ1v) is 8.07. The van der Waals surface area contributed by atoms with Gasteiger partial charge in [0.25, 0.3) is 5.69 Å². The molecular weight excluding hydrogens is 316 g/mol. The van der Waals surface area contributed by atoms with Crippen LogP contribution < -0.4 is 5.73 Å². The molecular formula is C17H26N8. The molecule has 0 bridgehead atoms. The molecule has 0 unspecified atom stereocenters. The number of nitrogen functional groups attached to an aromatic ring is 1. The lowest BCUT2D eigenvalue weighted by Gasteiger charge is -2.15. The van der Waals surface area contributed by atoms with E-state index in [0.29, 0.717) is 28.7 Å². The Morgan fingerprint density at radius 2 is 1.44 bits per heavy atom. The van der Waals surface area contributed by atoms with Crippen LogP contribution in [0, 0.1) is 6.57 Å². The molecule has 8 nitrogen and oxygen atoms in total. The first-order chi connectivity index (χ1) is 11.4. The van der Waals surface area contributed by atoms with E-state index in [0.717, 1.165) is 5.69 Å². The van der Waals surface area contributed by atoms with Crippen molar-refractivity contribution in [2.75, 3.05) is 5.73 Å². The van der Waals surface area contributed by atoms with Crippen molar-refractivity contribution < 1.29 is 0 Å². The van der Waals surface area contributed by atoms with Crippen molar-refractivity contribution >= 4 is 23.0 Å². The summed E-state index contributed by atoms with van der Waals surface area (Å²) in [7, 11) is 3.53. The highest BCUT2D eigenvalue weighted by molar-refractivity contribution is 5.68. The molecule has 0 aliphatic rings. The van der Waals surface area contributed by atoms with E-state index in [1.54, 1.807) is 23.5 Å². The Kier molecular flexibility index (Phi) is 4.47. The summed E-state index contributed by atoms with van der Waals surface area (Å²) in [6, 6.07) is 0. The Hall–Kier alpha value is -2.69. The summed E-state index contributed by atoms with van der Waals surface area (Å²) in [5.41, 5.74) is 8.04. The molecule has 2 heterocycles. The van der Waals surface area contributed by atoms with Gasteiger partial charge in [-0.3, -0.25) is 9.36 Å². The molecule has 0 spiro atoms. The third kappa shape index (κ3) is 3.40. The van der Waals surface area contributed by atoms with Crippen LogP contribution in [0.3, 0.4) is 0 Å². The van der Waals surface area contributed by atoms with Crippen molar-refractivity contribution in [2.24, 2.45) is 24.3 Å². The summed E-state index contributed by atoms with van der Waals surface area (Å²) in [6.45, 7) is 19.7. The minimum Gasteiger partial charge on any atom is -0.382 e. The Morgan fingerprint density at radius 3 is 1.92 bits per heavy atom. The molecule has 0 aliphatic heterocycles. The molecule has 25 heavy (non-hydrogen) atoms. The van der Waals surface area contributed by atoms with Crippen LogP contribution >= 0.6 is 0 Å². The van der Waals surface area contributed by atoms with E-state index in [2.05, 4.69) is 25.3 Å². The fraction of sp³-hybridized carbons (Fsp3) is 0.588. The lowest BCUT2D eigenvalue weighted by atomic mass is 9.91. The Balaban J connectivity index is 2.60. The van der Waals surface area contributed by atoms with Crippen molar-refractivity contribution in [1.82, 2.24) is 19.6 Å². The smallest absolute Gasteiger partial charge is 0.255 e. The van der Waals surface area contributed by atoms with E-state index < -0.39 is 0 Å². The molecule has 2 rings (SSSR count). The predicted octanol–water partition coefficient (Wildman–Crippen LogP) is 4.30. The maximum atomic E-state index is 7.52. The summed E-state index contributed by atoms with van der Waals surface area (Å²) in [6.07, 6.45) is 0. The Labute approximate surface area is 148 Å². The van der Waals surface area contributed by atoms with Gasteiger partial charge in [-0.05, 0) is 5.41 Å². The molecule has 8 heteroatoms. The fourth-order valence-electron chi connectivity index (χ4n) is 2.45. The summed E-state index contributed by atoms with van der Waals surface area (Å²) in [5, 5.41) is 17.6. The van der Waals surface area contributed by atoms with Gasteiger partial charge in [-0.1, -0.05) is 41.5 Å². The van der Waals surface area contributed by atoms with E-state index in [-0.39, 0.29) is 10.8 Å². The quantitative estimate of drug-likeness (QED) is 0.651. The lowest BCUT2D eigenvalue weighted by molar-refractivity contribution is 0.553. The number of hydrogen-bond donors (Lipinski definition) is 1. The molecule has 134 valence electrons. The van der Waals surface area contributed by atoms with Crippen LogP contribution in [-0.2, 0) is 24.9 Å². The second-order valence-electron chi connectivity index (χ2n) is 8.16. The minimum atomic E-state index is -0.255. The van der Waals surface area contributed by atoms with Crippen LogP contribution in [0.2, 0.25) is 0 Å². The normalized spacial score (nSPS) is 12.8. The largest absolute Gasteiger partial charge is 0.382 e. The van der Waals surface area contributed by atoms with Gasteiger partial charge in [0.2, 0.25) is 0 Å². The number of rotatable bonds is 2. The van der Waals surface area contributed by atoms with Crippen molar-refractivity contribution in [3.63, 3.8) is 0 Å². The summed E-state index contributed by atoms with van der Waals surface area (Å²) in [5.74, 6) is 0.860. The number of nitrogens with zero attached hydrogens (tertiary/aromatic N) is 7. The van der Waals surface area contributed by atoms with Crippen LogP contribution in [0.1, 0.15) is 52.9 Å². The highest BCUT2D eigenvalue weighted by Gasteiger charge is 2.28. The standard InChI is InChI=1S/C17H26N8/c1-16(2,3)12-10(14(18)24(8)22-12)20-21-15-11(19-7)13(17(4,5)6)23-25(15)9/h18H2,1-6,8-9H3. The molecule has 0 saturated carbocycles. The fourth-order valence-corrected chi connectivity index (χ4v) is 2.45. The predicted molar refractivity (Wildman–Crippen MR) is 98.7 cm³/mol. The topological polar surface area (TPSA) is 90.7 Å². The number of aromatic nitrogens is 4. The Bertz CT molecular complexity index is 863. The first-order valence-electron chi connectivity index (χ1n) is 8.07.